The van der Waals surface area contributed by atoms with E-state index in [0.717, 1.165) is 17.0 Å². The monoisotopic (exact) mass is 688 g/mol. The molecule has 1 aromatic heterocycles. The Kier molecular flexibility index (Phi) is 10.7. The van der Waals surface area contributed by atoms with Crippen LogP contribution in [0.2, 0.25) is 10.0 Å². The van der Waals surface area contributed by atoms with Crippen LogP contribution < -0.4 is 10.1 Å². The van der Waals surface area contributed by atoms with Crippen LogP contribution in [0.15, 0.2) is 52.4 Å². The van der Waals surface area contributed by atoms with Crippen LogP contribution >= 0.6 is 23.2 Å². The van der Waals surface area contributed by atoms with Gasteiger partial charge in [0.05, 0.1) is 5.02 Å². The minimum Gasteiger partial charge on any atom is -0.487 e. The van der Waals surface area contributed by atoms with E-state index in [2.05, 4.69) is 29.0 Å². The molecule has 248 valence electrons. The first kappa shape index (κ1) is 34.2. The lowest BCUT2D eigenvalue weighted by Gasteiger charge is -2.39. The van der Waals surface area contributed by atoms with E-state index in [1.165, 1.54) is 16.4 Å². The third kappa shape index (κ3) is 7.38. The van der Waals surface area contributed by atoms with Gasteiger partial charge >= 0.3 is 0 Å². The molecular formula is C33H42Cl2N6O4S. The quantitative estimate of drug-likeness (QED) is 0.246. The second-order valence-electron chi connectivity index (χ2n) is 12.3. The molecule has 1 amide bonds. The smallest absolute Gasteiger partial charge is 0.245 e. The van der Waals surface area contributed by atoms with Crippen molar-refractivity contribution in [2.24, 2.45) is 4.99 Å². The zero-order chi connectivity index (χ0) is 33.2. The third-order valence-electron chi connectivity index (χ3n) is 8.11. The molecular weight excluding hydrogens is 647 g/mol. The van der Waals surface area contributed by atoms with Gasteiger partial charge in [0.1, 0.15) is 28.8 Å². The Balaban J connectivity index is 1.32. The number of aliphatic imine (C=N–C) groups is 1. The molecule has 1 unspecified atom stereocenters. The summed E-state index contributed by atoms with van der Waals surface area (Å²) in [6.07, 6.45) is 1.02. The van der Waals surface area contributed by atoms with Crippen molar-refractivity contribution >= 4 is 56.0 Å². The van der Waals surface area contributed by atoms with Gasteiger partial charge in [0, 0.05) is 66.5 Å². The predicted octanol–water partition coefficient (Wildman–Crippen LogP) is 5.49. The van der Waals surface area contributed by atoms with Gasteiger partial charge in [0.2, 0.25) is 15.9 Å². The van der Waals surface area contributed by atoms with Crippen molar-refractivity contribution in [2.45, 2.75) is 77.1 Å². The van der Waals surface area contributed by atoms with Crippen LogP contribution in [0.3, 0.4) is 0 Å². The number of nitrogens with zero attached hydrogens (tertiary/aromatic N) is 5. The summed E-state index contributed by atoms with van der Waals surface area (Å²) in [7, 11) is -4.13. The van der Waals surface area contributed by atoms with E-state index in [-0.39, 0.29) is 46.1 Å². The third-order valence-corrected chi connectivity index (χ3v) is 11.0. The zero-order valence-electron chi connectivity index (χ0n) is 27.0. The van der Waals surface area contributed by atoms with Crippen molar-refractivity contribution in [1.29, 1.82) is 0 Å². The number of benzene rings is 2. The summed E-state index contributed by atoms with van der Waals surface area (Å²) < 4.78 is 35.6. The lowest BCUT2D eigenvalue weighted by atomic mass is 10.2. The number of aryl methyl sites for hydroxylation is 1. The first-order chi connectivity index (χ1) is 21.9. The van der Waals surface area contributed by atoms with E-state index in [1.807, 2.05) is 45.0 Å². The van der Waals surface area contributed by atoms with Crippen molar-refractivity contribution in [1.82, 2.24) is 24.4 Å². The average Bonchev–Trinajstić information content (AvgIpc) is 3.51. The van der Waals surface area contributed by atoms with Crippen LogP contribution in [-0.2, 0) is 21.4 Å². The molecule has 0 radical (unpaired) electrons. The summed E-state index contributed by atoms with van der Waals surface area (Å²) in [5, 5.41) is 4.60. The van der Waals surface area contributed by atoms with E-state index in [0.29, 0.717) is 55.9 Å². The number of guanidine groups is 1. The molecule has 10 nitrogen and oxygen atoms in total. The number of amides is 1. The highest BCUT2D eigenvalue weighted by Crippen LogP contribution is 2.37. The van der Waals surface area contributed by atoms with E-state index in [1.54, 1.807) is 11.0 Å². The fraction of sp³-hybridized carbons (Fsp3) is 0.485. The lowest BCUT2D eigenvalue weighted by molar-refractivity contribution is -0.135. The number of rotatable bonds is 8. The van der Waals surface area contributed by atoms with Gasteiger partial charge in [-0.2, -0.15) is 4.31 Å². The van der Waals surface area contributed by atoms with Gasteiger partial charge in [-0.05, 0) is 71.7 Å². The highest BCUT2D eigenvalue weighted by Gasteiger charge is 2.43. The molecule has 1 N–H and O–H groups in total. The molecule has 2 fully saturated rings. The topological polar surface area (TPSA) is 107 Å². The molecule has 0 aliphatic carbocycles. The maximum atomic E-state index is 14.1. The Labute approximate surface area is 281 Å². The summed E-state index contributed by atoms with van der Waals surface area (Å²) in [5.74, 6) is 1.17. The van der Waals surface area contributed by atoms with Crippen molar-refractivity contribution in [2.75, 3.05) is 32.7 Å². The van der Waals surface area contributed by atoms with Crippen molar-refractivity contribution in [3.63, 3.8) is 0 Å². The highest BCUT2D eigenvalue weighted by atomic mass is 35.5. The highest BCUT2D eigenvalue weighted by molar-refractivity contribution is 7.89. The molecule has 0 saturated carbocycles. The Morgan fingerprint density at radius 2 is 1.74 bits per heavy atom. The first-order valence-corrected chi connectivity index (χ1v) is 17.9. The maximum absolute atomic E-state index is 14.1. The van der Waals surface area contributed by atoms with E-state index < -0.39 is 16.1 Å². The number of para-hydroxylation sites is 1. The fourth-order valence-electron chi connectivity index (χ4n) is 5.85. The SMILES string of the molecule is Cc1ccc2cccc(OCc3c(Cl)ccc(S(=O)(=O)N4CCCC4C(=O)N4CCN(/C(=N\C(C)C)NC(C)C)CC4)c3Cl)c2n1. The Bertz CT molecular complexity index is 1720. The van der Waals surface area contributed by atoms with Gasteiger partial charge in [0.25, 0.3) is 0 Å². The van der Waals surface area contributed by atoms with Crippen LogP contribution in [-0.4, -0.2) is 90.2 Å². The Hall–Kier alpha value is -3.12. The molecule has 1 atom stereocenters. The van der Waals surface area contributed by atoms with Crippen LogP contribution in [0, 0.1) is 6.92 Å². The van der Waals surface area contributed by atoms with Crippen molar-refractivity contribution in [3.05, 3.63) is 63.8 Å². The van der Waals surface area contributed by atoms with Gasteiger partial charge in [-0.15, -0.1) is 0 Å². The molecule has 2 aliphatic rings. The Morgan fingerprint density at radius 1 is 1.02 bits per heavy atom. The van der Waals surface area contributed by atoms with Gasteiger partial charge in [-0.25, -0.2) is 13.4 Å². The number of halogens is 2. The Morgan fingerprint density at radius 3 is 2.43 bits per heavy atom. The summed E-state index contributed by atoms with van der Waals surface area (Å²) >= 11 is 13.3. The van der Waals surface area contributed by atoms with Crippen molar-refractivity contribution in [3.8, 4) is 5.75 Å². The van der Waals surface area contributed by atoms with E-state index in [4.69, 9.17) is 32.9 Å². The minimum atomic E-state index is -4.13. The standard InChI is InChI=1S/C33H42Cl2N6O4S/c1-21(2)36-33(37-22(3)4)40-18-16-39(17-19-40)32(42)27-9-7-15-41(27)46(43,44)29-14-13-26(34)25(30(29)35)20-45-28-10-6-8-24-12-11-23(5)38-31(24)28/h6,8,10-14,21-22,27H,7,9,15-20H2,1-5H3,(H,36,37). The second-order valence-corrected chi connectivity index (χ2v) is 15.0. The predicted molar refractivity (Wildman–Crippen MR) is 183 cm³/mol. The molecule has 0 spiro atoms. The number of nitrogens with one attached hydrogen (secondary N) is 1. The molecule has 3 heterocycles. The molecule has 2 saturated heterocycles. The van der Waals surface area contributed by atoms with Crippen LogP contribution in [0.1, 0.15) is 51.8 Å². The number of pyridine rings is 1. The summed E-state index contributed by atoms with van der Waals surface area (Å²) in [4.78, 5) is 27.0. The normalized spacial score (nSPS) is 18.2. The number of sulfonamides is 1. The molecule has 5 rings (SSSR count). The minimum absolute atomic E-state index is 0.0155. The number of aromatic nitrogens is 1. The van der Waals surface area contributed by atoms with Crippen LogP contribution in [0.5, 0.6) is 5.75 Å². The number of carbonyl (C=O) groups is 1. The number of piperazine rings is 1. The van der Waals surface area contributed by atoms with E-state index in [9.17, 15) is 13.2 Å². The largest absolute Gasteiger partial charge is 0.487 e. The molecule has 3 aromatic rings. The second kappa shape index (κ2) is 14.3. The van der Waals surface area contributed by atoms with E-state index >= 15 is 0 Å². The number of carbonyl (C=O) groups excluding carboxylic acids is 1. The summed E-state index contributed by atoms with van der Waals surface area (Å²) in [5.41, 5.74) is 1.88. The summed E-state index contributed by atoms with van der Waals surface area (Å²) in [6, 6.07) is 12.0. The van der Waals surface area contributed by atoms with Gasteiger partial charge < -0.3 is 19.9 Å². The van der Waals surface area contributed by atoms with Crippen LogP contribution in [0.25, 0.3) is 10.9 Å². The molecule has 46 heavy (non-hydrogen) atoms. The number of hydrogen-bond acceptors (Lipinski definition) is 6. The first-order valence-electron chi connectivity index (χ1n) is 15.7. The maximum Gasteiger partial charge on any atom is 0.245 e. The molecule has 2 aromatic carbocycles. The van der Waals surface area contributed by atoms with Gasteiger partial charge in [-0.3, -0.25) is 9.79 Å². The molecule has 2 aliphatic heterocycles. The zero-order valence-corrected chi connectivity index (χ0v) is 29.3. The van der Waals surface area contributed by atoms with Crippen LogP contribution in [0.4, 0.5) is 0 Å². The number of ether oxygens (including phenoxy) is 1. The molecule has 13 heteroatoms. The van der Waals surface area contributed by atoms with Gasteiger partial charge in [-0.1, -0.05) is 41.4 Å². The van der Waals surface area contributed by atoms with Gasteiger partial charge in [0.15, 0.2) is 5.96 Å². The average molecular weight is 690 g/mol. The number of hydrogen-bond donors (Lipinski definition) is 1. The number of fused-ring (bicyclic) bond motifs is 1. The summed E-state index contributed by atoms with van der Waals surface area (Å²) in [6.45, 7) is 12.4. The lowest BCUT2D eigenvalue weighted by Crippen LogP contribution is -2.57. The fourth-order valence-corrected chi connectivity index (χ4v) is 8.37. The molecule has 0 bridgehead atoms. The van der Waals surface area contributed by atoms with Crippen molar-refractivity contribution < 1.29 is 17.9 Å².